The molecule has 6 unspecified atom stereocenters. The normalized spacial score (nSPS) is 31.1. The highest BCUT2D eigenvalue weighted by molar-refractivity contribution is 7.66. The molecule has 1 aliphatic heterocycles. The molecule has 2 rings (SSSR count). The van der Waals surface area contributed by atoms with E-state index in [0.717, 1.165) is 19.2 Å². The monoisotopic (exact) mass is 556 g/mol. The van der Waals surface area contributed by atoms with E-state index < -0.39 is 71.5 Å². The van der Waals surface area contributed by atoms with E-state index in [1.807, 2.05) is 4.98 Å². The van der Waals surface area contributed by atoms with Crippen LogP contribution in [0.2, 0.25) is 0 Å². The van der Waals surface area contributed by atoms with Gasteiger partial charge in [0.25, 0.3) is 5.56 Å². The maximum absolute atomic E-state index is 14.1. The van der Waals surface area contributed by atoms with E-state index in [0.29, 0.717) is 4.57 Å². The number of aromatic nitrogens is 2. The van der Waals surface area contributed by atoms with Gasteiger partial charge in [0.05, 0.1) is 6.61 Å². The van der Waals surface area contributed by atoms with Gasteiger partial charge in [-0.05, 0) is 12.5 Å². The molecule has 7 N–H and O–H groups in total. The summed E-state index contributed by atoms with van der Waals surface area (Å²) in [7, 11) is -17.3. The van der Waals surface area contributed by atoms with Crippen LogP contribution in [-0.4, -0.2) is 69.9 Å². The first-order valence-corrected chi connectivity index (χ1v) is 13.2. The fourth-order valence-corrected chi connectivity index (χ4v) is 6.06. The number of phosphoric ester groups is 1. The third-order valence-electron chi connectivity index (χ3n) is 4.54. The number of aromatic amines is 1. The van der Waals surface area contributed by atoms with E-state index in [4.69, 9.17) is 14.5 Å². The van der Waals surface area contributed by atoms with Crippen molar-refractivity contribution in [2.75, 3.05) is 13.3 Å². The molecule has 2 heterocycles. The van der Waals surface area contributed by atoms with Crippen molar-refractivity contribution in [1.82, 2.24) is 9.55 Å². The quantitative estimate of drug-likeness (QED) is 0.132. The molecule has 0 aromatic carbocycles. The second-order valence-corrected chi connectivity index (χ2v) is 11.5. The molecule has 0 spiro atoms. The number of phosphoric acid groups is 3. The molecule has 17 nitrogen and oxygen atoms in total. The van der Waals surface area contributed by atoms with Gasteiger partial charge in [0.15, 0.2) is 17.4 Å². The molecule has 34 heavy (non-hydrogen) atoms. The van der Waals surface area contributed by atoms with Crippen molar-refractivity contribution in [3.63, 3.8) is 0 Å². The number of aliphatic hydroxyl groups excluding tert-OH is 1. The summed E-state index contributed by atoms with van der Waals surface area (Å²) in [5, 5.41) is 21.8. The average molecular weight is 556 g/mol. The third kappa shape index (κ3) is 6.06. The van der Waals surface area contributed by atoms with Crippen LogP contribution in [0.5, 0.6) is 0 Å². The molecule has 0 bridgehead atoms. The van der Waals surface area contributed by atoms with Crippen molar-refractivity contribution < 1.29 is 65.8 Å². The van der Waals surface area contributed by atoms with Gasteiger partial charge in [0, 0.05) is 12.3 Å². The van der Waals surface area contributed by atoms with Gasteiger partial charge in [-0.3, -0.25) is 18.9 Å². The zero-order chi connectivity index (χ0) is 26.3. The van der Waals surface area contributed by atoms with E-state index in [-0.39, 0.29) is 5.57 Å². The summed E-state index contributed by atoms with van der Waals surface area (Å²) < 4.78 is 65.5. The standard InChI is InChI=1S/C13H20FN2O15P3/c1-7(2)13(20)9(18)12(5-14,29-10(13)16-4-3-8(17)15-11(16)19)6-28-33(24,25)31-34(26,27)30-32(21,22)23/h3-4,9-10,18,20H,1,5-6H2,2H3,(H,24,25)(H,26,27)(H,15,17,19)(H2,21,22,23). The summed E-state index contributed by atoms with van der Waals surface area (Å²) in [6.07, 6.45) is -3.49. The molecule has 1 aromatic heterocycles. The second-order valence-electron chi connectivity index (χ2n) is 7.06. The summed E-state index contributed by atoms with van der Waals surface area (Å²) in [5.41, 5.74) is -7.67. The number of hydrogen-bond donors (Lipinski definition) is 7. The first-order valence-electron chi connectivity index (χ1n) is 8.69. The smallest absolute Gasteiger partial charge is 0.386 e. The van der Waals surface area contributed by atoms with Crippen LogP contribution in [0.3, 0.4) is 0 Å². The van der Waals surface area contributed by atoms with E-state index in [2.05, 4.69) is 19.7 Å². The lowest BCUT2D eigenvalue weighted by atomic mass is 9.82. The molecule has 0 amide bonds. The minimum Gasteiger partial charge on any atom is -0.386 e. The number of rotatable bonds is 10. The zero-order valence-corrected chi connectivity index (χ0v) is 19.6. The highest BCUT2D eigenvalue weighted by atomic mass is 31.3. The lowest BCUT2D eigenvalue weighted by molar-refractivity contribution is -0.137. The highest BCUT2D eigenvalue weighted by Crippen LogP contribution is 2.66. The fourth-order valence-electron chi connectivity index (χ4n) is 2.99. The van der Waals surface area contributed by atoms with Gasteiger partial charge < -0.3 is 34.5 Å². The Morgan fingerprint density at radius 1 is 1.24 bits per heavy atom. The van der Waals surface area contributed by atoms with Gasteiger partial charge in [-0.1, -0.05) is 6.58 Å². The first kappa shape index (κ1) is 28.9. The average Bonchev–Trinajstić information content (AvgIpc) is 2.87. The van der Waals surface area contributed by atoms with E-state index in [1.165, 1.54) is 0 Å². The van der Waals surface area contributed by atoms with Crippen LogP contribution in [0.4, 0.5) is 4.39 Å². The van der Waals surface area contributed by atoms with Gasteiger partial charge in [0.1, 0.15) is 12.8 Å². The number of halogens is 1. The van der Waals surface area contributed by atoms with Crippen molar-refractivity contribution in [1.29, 1.82) is 0 Å². The van der Waals surface area contributed by atoms with Crippen molar-refractivity contribution in [3.8, 4) is 0 Å². The van der Waals surface area contributed by atoms with Crippen LogP contribution in [0.15, 0.2) is 34.0 Å². The lowest BCUT2D eigenvalue weighted by Gasteiger charge is -2.34. The second kappa shape index (κ2) is 9.59. The highest BCUT2D eigenvalue weighted by Gasteiger charge is 2.65. The Hall–Kier alpha value is -1.36. The Morgan fingerprint density at radius 2 is 1.82 bits per heavy atom. The number of aliphatic hydroxyl groups is 2. The van der Waals surface area contributed by atoms with Crippen LogP contribution in [0.1, 0.15) is 13.2 Å². The largest absolute Gasteiger partial charge is 0.490 e. The minimum atomic E-state index is -5.90. The third-order valence-corrected chi connectivity index (χ3v) is 8.32. The molecule has 0 saturated carbocycles. The number of nitrogens with one attached hydrogen (secondary N) is 1. The van der Waals surface area contributed by atoms with E-state index in [1.54, 1.807) is 0 Å². The van der Waals surface area contributed by atoms with Gasteiger partial charge in [-0.15, -0.1) is 0 Å². The molecule has 1 saturated heterocycles. The fraction of sp³-hybridized carbons (Fsp3) is 0.538. The Morgan fingerprint density at radius 3 is 2.29 bits per heavy atom. The van der Waals surface area contributed by atoms with Gasteiger partial charge in [-0.25, -0.2) is 22.9 Å². The van der Waals surface area contributed by atoms with Crippen LogP contribution in [0, 0.1) is 0 Å². The Labute approximate surface area is 188 Å². The molecule has 0 aliphatic carbocycles. The Bertz CT molecular complexity index is 1210. The summed E-state index contributed by atoms with van der Waals surface area (Å²) in [6.45, 7) is 1.36. The first-order chi connectivity index (χ1) is 15.3. The summed E-state index contributed by atoms with van der Waals surface area (Å²) in [6, 6.07) is 0.831. The van der Waals surface area contributed by atoms with Crippen LogP contribution in [0.25, 0.3) is 0 Å². The Kier molecular flexibility index (Phi) is 8.15. The zero-order valence-electron chi connectivity index (χ0n) is 17.0. The summed E-state index contributed by atoms with van der Waals surface area (Å²) in [4.78, 5) is 61.2. The predicted molar refractivity (Wildman–Crippen MR) is 106 cm³/mol. The van der Waals surface area contributed by atoms with Crippen molar-refractivity contribution in [2.45, 2.75) is 30.5 Å². The number of ether oxygens (including phenoxy) is 1. The topological polar surface area (TPSA) is 264 Å². The number of H-pyrrole nitrogens is 1. The van der Waals surface area contributed by atoms with Crippen LogP contribution >= 0.6 is 23.5 Å². The number of nitrogens with zero attached hydrogens (tertiary/aromatic N) is 1. The van der Waals surface area contributed by atoms with Crippen molar-refractivity contribution in [2.24, 2.45) is 0 Å². The molecule has 21 heteroatoms. The minimum absolute atomic E-state index is 0.281. The molecule has 1 fully saturated rings. The van der Waals surface area contributed by atoms with Gasteiger partial charge in [-0.2, -0.15) is 8.62 Å². The maximum atomic E-state index is 14.1. The maximum Gasteiger partial charge on any atom is 0.490 e. The molecule has 194 valence electrons. The molecular formula is C13H20FN2O15P3. The summed E-state index contributed by atoms with van der Waals surface area (Å²) in [5.74, 6) is 0. The van der Waals surface area contributed by atoms with E-state index in [9.17, 15) is 47.7 Å². The number of hydrogen-bond acceptors (Lipinski definition) is 11. The van der Waals surface area contributed by atoms with Crippen molar-refractivity contribution in [3.05, 3.63) is 45.3 Å². The van der Waals surface area contributed by atoms with E-state index >= 15 is 0 Å². The summed E-state index contributed by atoms with van der Waals surface area (Å²) >= 11 is 0. The van der Waals surface area contributed by atoms with Crippen molar-refractivity contribution >= 4 is 23.5 Å². The molecule has 1 aromatic rings. The van der Waals surface area contributed by atoms with Gasteiger partial charge >= 0.3 is 29.2 Å². The van der Waals surface area contributed by atoms with Crippen LogP contribution < -0.4 is 11.2 Å². The lowest BCUT2D eigenvalue weighted by Crippen LogP contribution is -2.55. The molecular weight excluding hydrogens is 536 g/mol. The predicted octanol–water partition coefficient (Wildman–Crippen LogP) is -1.21. The van der Waals surface area contributed by atoms with Crippen LogP contribution in [-0.2, 0) is 31.6 Å². The SMILES string of the molecule is C=C(C)C1(O)C(n2ccc(=O)[nH]c2=O)OC(CF)(COP(=O)(O)OP(=O)(O)OP(=O)(O)O)C1O. The van der Waals surface area contributed by atoms with Gasteiger partial charge in [0.2, 0.25) is 0 Å². The number of alkyl halides is 1. The Balaban J connectivity index is 2.40. The molecule has 6 atom stereocenters. The molecule has 0 radical (unpaired) electrons. The molecule has 1 aliphatic rings.